The third-order valence-corrected chi connectivity index (χ3v) is 6.51. The van der Waals surface area contributed by atoms with E-state index >= 15 is 0 Å². The van der Waals surface area contributed by atoms with Crippen molar-refractivity contribution < 1.29 is 43.6 Å². The number of aliphatic carboxylic acids is 1. The fourth-order valence-corrected chi connectivity index (χ4v) is 4.10. The molecular weight excluding hydrogens is 528 g/mol. The van der Waals surface area contributed by atoms with E-state index in [0.29, 0.717) is 6.42 Å². The molecule has 0 aliphatic heterocycles. The number of rotatable bonds is 26. The minimum absolute atomic E-state index is 0.146. The fourth-order valence-electron chi connectivity index (χ4n) is 4.10. The number of unbranched alkanes of at least 4 members (excludes halogenated alkanes) is 15. The van der Waals surface area contributed by atoms with Crippen molar-refractivity contribution in [2.24, 2.45) is 0 Å². The van der Waals surface area contributed by atoms with Gasteiger partial charge in [0.2, 0.25) is 0 Å². The highest BCUT2D eigenvalue weighted by Gasteiger charge is 2.43. The van der Waals surface area contributed by atoms with Crippen LogP contribution in [0.3, 0.4) is 0 Å². The largest absolute Gasteiger partial charge is 0.481 e. The van der Waals surface area contributed by atoms with Gasteiger partial charge in [0.15, 0.2) is 5.60 Å². The van der Waals surface area contributed by atoms with Gasteiger partial charge in [-0.15, -0.1) is 0 Å². The number of carbonyl (C=O) groups is 4. The van der Waals surface area contributed by atoms with Gasteiger partial charge in [-0.3, -0.25) is 14.4 Å². The van der Waals surface area contributed by atoms with Crippen molar-refractivity contribution in [3.8, 4) is 0 Å². The molecule has 9 nitrogen and oxygen atoms in total. The summed E-state index contributed by atoms with van der Waals surface area (Å²) < 4.78 is 15.8. The van der Waals surface area contributed by atoms with Gasteiger partial charge in [-0.05, 0) is 19.3 Å². The molecule has 0 atom stereocenters. The number of carbonyl (C=O) groups excluding carboxylic acids is 3. The van der Waals surface area contributed by atoms with Crippen molar-refractivity contribution in [3.05, 3.63) is 0 Å². The van der Waals surface area contributed by atoms with Crippen LogP contribution in [0.15, 0.2) is 0 Å². The molecule has 0 amide bonds. The molecule has 2 N–H and O–H groups in total. The van der Waals surface area contributed by atoms with Crippen LogP contribution in [0.2, 0.25) is 0 Å². The molecule has 0 saturated heterocycles. The van der Waals surface area contributed by atoms with Crippen LogP contribution < -0.4 is 0 Å². The molecule has 0 aromatic carbocycles. The molecule has 0 rings (SSSR count). The van der Waals surface area contributed by atoms with Crippen molar-refractivity contribution >= 4 is 23.9 Å². The number of hydrogen-bond acceptors (Lipinski definition) is 8. The van der Waals surface area contributed by atoms with E-state index in [0.717, 1.165) is 84.0 Å². The van der Waals surface area contributed by atoms with Crippen molar-refractivity contribution in [3.63, 3.8) is 0 Å². The molecule has 0 spiro atoms. The second-order valence-electron chi connectivity index (χ2n) is 10.8. The molecule has 0 aromatic heterocycles. The number of carboxylic acids is 1. The monoisotopic (exact) mass is 588 g/mol. The standard InChI is InChI=1S/C30H56O7.C2H4O2/c1-4-7-10-13-16-19-22-35-27(31)25-30(34,29(33)37-24-21-18-15-12-9-6-3)26-28(32)36-23-20-17-14-11-8-5-2;1-2(3)4/h34H,4-26H2,1-3H3;1H3,(H,3,4). The Morgan fingerprint density at radius 3 is 1.10 bits per heavy atom. The third kappa shape index (κ3) is 29.1. The Balaban J connectivity index is 0. The molecule has 0 radical (unpaired) electrons. The van der Waals surface area contributed by atoms with Gasteiger partial charge in [-0.1, -0.05) is 117 Å². The first-order valence-corrected chi connectivity index (χ1v) is 16.0. The number of ether oxygens (including phenoxy) is 3. The normalized spacial score (nSPS) is 10.9. The molecule has 0 bridgehead atoms. The van der Waals surface area contributed by atoms with Gasteiger partial charge in [0, 0.05) is 6.92 Å². The van der Waals surface area contributed by atoms with Crippen LogP contribution in [0.25, 0.3) is 0 Å². The van der Waals surface area contributed by atoms with E-state index in [9.17, 15) is 19.5 Å². The van der Waals surface area contributed by atoms with Crippen LogP contribution in [-0.4, -0.2) is 59.5 Å². The summed E-state index contributed by atoms with van der Waals surface area (Å²) in [6.45, 7) is 8.16. The number of esters is 3. The van der Waals surface area contributed by atoms with Crippen LogP contribution >= 0.6 is 0 Å². The number of hydrogen-bond donors (Lipinski definition) is 2. The lowest BCUT2D eigenvalue weighted by atomic mass is 9.95. The molecule has 0 aromatic rings. The molecule has 41 heavy (non-hydrogen) atoms. The zero-order valence-corrected chi connectivity index (χ0v) is 26.5. The molecule has 0 aliphatic carbocycles. The van der Waals surface area contributed by atoms with Gasteiger partial charge in [0.05, 0.1) is 32.7 Å². The molecule has 0 unspecified atom stereocenters. The average Bonchev–Trinajstić information content (AvgIpc) is 2.91. The van der Waals surface area contributed by atoms with Crippen molar-refractivity contribution in [1.29, 1.82) is 0 Å². The van der Waals surface area contributed by atoms with Gasteiger partial charge in [0.25, 0.3) is 5.97 Å². The Morgan fingerprint density at radius 1 is 0.512 bits per heavy atom. The molecule has 0 heterocycles. The van der Waals surface area contributed by atoms with Crippen LogP contribution in [0.1, 0.15) is 156 Å². The van der Waals surface area contributed by atoms with Gasteiger partial charge >= 0.3 is 17.9 Å². The Morgan fingerprint density at radius 2 is 0.780 bits per heavy atom. The Kier molecular flexibility index (Phi) is 29.3. The van der Waals surface area contributed by atoms with E-state index in [1.807, 2.05) is 0 Å². The summed E-state index contributed by atoms with van der Waals surface area (Å²) in [5.41, 5.74) is -2.28. The summed E-state index contributed by atoms with van der Waals surface area (Å²) >= 11 is 0. The highest BCUT2D eigenvalue weighted by molar-refractivity contribution is 5.90. The van der Waals surface area contributed by atoms with E-state index < -0.39 is 42.3 Å². The Bertz CT molecular complexity index is 628. The summed E-state index contributed by atoms with van der Waals surface area (Å²) in [6.07, 6.45) is 17.5. The predicted octanol–water partition coefficient (Wildman–Crippen LogP) is 7.30. The minimum Gasteiger partial charge on any atom is -0.481 e. The maximum atomic E-state index is 12.7. The number of carboxylic acid groups (broad SMARTS) is 1. The summed E-state index contributed by atoms with van der Waals surface area (Å²) in [6, 6.07) is 0. The lowest BCUT2D eigenvalue weighted by molar-refractivity contribution is -0.178. The van der Waals surface area contributed by atoms with Crippen LogP contribution in [0.4, 0.5) is 0 Å². The van der Waals surface area contributed by atoms with Crippen molar-refractivity contribution in [1.82, 2.24) is 0 Å². The predicted molar refractivity (Wildman–Crippen MR) is 160 cm³/mol. The van der Waals surface area contributed by atoms with Gasteiger partial charge in [0.1, 0.15) is 0 Å². The smallest absolute Gasteiger partial charge is 0.339 e. The topological polar surface area (TPSA) is 136 Å². The lowest BCUT2D eigenvalue weighted by Gasteiger charge is -2.24. The van der Waals surface area contributed by atoms with E-state index in [2.05, 4.69) is 20.8 Å². The molecule has 9 heteroatoms. The Hall–Kier alpha value is -2.16. The molecular formula is C32H60O9. The highest BCUT2D eigenvalue weighted by Crippen LogP contribution is 2.21. The van der Waals surface area contributed by atoms with E-state index in [1.165, 1.54) is 32.1 Å². The second kappa shape index (κ2) is 29.3. The van der Waals surface area contributed by atoms with E-state index in [-0.39, 0.29) is 19.8 Å². The zero-order valence-electron chi connectivity index (χ0n) is 26.5. The van der Waals surface area contributed by atoms with Crippen molar-refractivity contribution in [2.75, 3.05) is 19.8 Å². The van der Waals surface area contributed by atoms with Gasteiger partial charge in [-0.25, -0.2) is 4.79 Å². The maximum absolute atomic E-state index is 12.7. The van der Waals surface area contributed by atoms with Crippen LogP contribution in [0, 0.1) is 0 Å². The summed E-state index contributed by atoms with van der Waals surface area (Å²) in [7, 11) is 0. The average molecular weight is 589 g/mol. The summed E-state index contributed by atoms with van der Waals surface area (Å²) in [5.74, 6) is -3.22. The fraction of sp³-hybridized carbons (Fsp3) is 0.875. The van der Waals surface area contributed by atoms with Gasteiger partial charge in [-0.2, -0.15) is 0 Å². The summed E-state index contributed by atoms with van der Waals surface area (Å²) in [5, 5.41) is 18.4. The zero-order chi connectivity index (χ0) is 31.2. The maximum Gasteiger partial charge on any atom is 0.339 e. The lowest BCUT2D eigenvalue weighted by Crippen LogP contribution is -2.45. The molecule has 0 aliphatic rings. The first kappa shape index (κ1) is 41.0. The van der Waals surface area contributed by atoms with Crippen LogP contribution in [-0.2, 0) is 33.4 Å². The first-order valence-electron chi connectivity index (χ1n) is 16.0. The molecule has 0 fully saturated rings. The number of aliphatic hydroxyl groups is 1. The van der Waals surface area contributed by atoms with Crippen molar-refractivity contribution in [2.45, 2.75) is 162 Å². The second-order valence-corrected chi connectivity index (χ2v) is 10.8. The highest BCUT2D eigenvalue weighted by atomic mass is 16.6. The van der Waals surface area contributed by atoms with Crippen LogP contribution in [0.5, 0.6) is 0 Å². The van der Waals surface area contributed by atoms with E-state index in [4.69, 9.17) is 24.1 Å². The Labute approximate surface area is 249 Å². The quantitative estimate of drug-likeness (QED) is 0.0605. The third-order valence-electron chi connectivity index (χ3n) is 6.51. The summed E-state index contributed by atoms with van der Waals surface area (Å²) in [4.78, 5) is 46.5. The van der Waals surface area contributed by atoms with Gasteiger partial charge < -0.3 is 24.4 Å². The first-order chi connectivity index (χ1) is 19.6. The molecule has 0 saturated carbocycles. The SMILES string of the molecule is CC(=O)O.CCCCCCCCOC(=O)CC(O)(CC(=O)OCCCCCCCC)C(=O)OCCCCCCCC. The van der Waals surface area contributed by atoms with E-state index in [1.54, 1.807) is 0 Å². The minimum atomic E-state index is -2.28. The molecule has 242 valence electrons.